The lowest BCUT2D eigenvalue weighted by molar-refractivity contribution is 0.103. The maximum absolute atomic E-state index is 13.6. The summed E-state index contributed by atoms with van der Waals surface area (Å²) in [5.41, 5.74) is 5.18. The van der Waals surface area contributed by atoms with Crippen molar-refractivity contribution < 1.29 is 18.3 Å². The Labute approximate surface area is 108 Å². The largest absolute Gasteiger partial charge is 0.495 e. The fourth-order valence-corrected chi connectivity index (χ4v) is 1.77. The summed E-state index contributed by atoms with van der Waals surface area (Å²) in [7, 11) is 1.39. The Morgan fingerprint density at radius 1 is 1.11 bits per heavy atom. The van der Waals surface area contributed by atoms with E-state index in [4.69, 9.17) is 10.5 Å². The van der Waals surface area contributed by atoms with E-state index < -0.39 is 23.0 Å². The zero-order valence-electron chi connectivity index (χ0n) is 10.1. The van der Waals surface area contributed by atoms with Crippen LogP contribution in [-0.4, -0.2) is 12.9 Å². The fraction of sp³-hybridized carbons (Fsp3) is 0.0714. The van der Waals surface area contributed by atoms with Gasteiger partial charge in [0.25, 0.3) is 0 Å². The van der Waals surface area contributed by atoms with Gasteiger partial charge in [-0.15, -0.1) is 0 Å². The number of halogens is 2. The number of nitrogen functional groups attached to an aromatic ring is 1. The molecule has 19 heavy (non-hydrogen) atoms. The molecule has 0 saturated carbocycles. The molecule has 2 rings (SSSR count). The van der Waals surface area contributed by atoms with E-state index in [0.717, 1.165) is 12.1 Å². The van der Waals surface area contributed by atoms with Crippen LogP contribution < -0.4 is 10.5 Å². The van der Waals surface area contributed by atoms with Crippen LogP contribution in [0.4, 0.5) is 14.5 Å². The van der Waals surface area contributed by atoms with Crippen LogP contribution in [0.5, 0.6) is 5.75 Å². The molecule has 0 saturated heterocycles. The first-order valence-corrected chi connectivity index (χ1v) is 5.47. The van der Waals surface area contributed by atoms with E-state index in [9.17, 15) is 13.6 Å². The summed E-state index contributed by atoms with van der Waals surface area (Å²) < 4.78 is 32.1. The number of carbonyl (C=O) groups is 1. The highest BCUT2D eigenvalue weighted by Gasteiger charge is 2.21. The molecular weight excluding hydrogens is 252 g/mol. The lowest BCUT2D eigenvalue weighted by atomic mass is 10.0. The summed E-state index contributed by atoms with van der Waals surface area (Å²) >= 11 is 0. The SMILES string of the molecule is COc1cccc(C(=O)c2c(F)cccc2F)c1N. The average Bonchev–Trinajstić information content (AvgIpc) is 2.38. The van der Waals surface area contributed by atoms with Crippen molar-refractivity contribution in [2.24, 2.45) is 0 Å². The third-order valence-electron chi connectivity index (χ3n) is 2.72. The average molecular weight is 263 g/mol. The summed E-state index contributed by atoms with van der Waals surface area (Å²) in [5, 5.41) is 0. The van der Waals surface area contributed by atoms with Gasteiger partial charge in [0.05, 0.1) is 18.4 Å². The van der Waals surface area contributed by atoms with Gasteiger partial charge in [0.1, 0.15) is 17.4 Å². The maximum Gasteiger partial charge on any atom is 0.201 e. The number of benzene rings is 2. The summed E-state index contributed by atoms with van der Waals surface area (Å²) in [6.45, 7) is 0. The van der Waals surface area contributed by atoms with Gasteiger partial charge in [-0.05, 0) is 24.3 Å². The van der Waals surface area contributed by atoms with Gasteiger partial charge in [-0.25, -0.2) is 8.78 Å². The molecule has 0 amide bonds. The minimum absolute atomic E-state index is 0.00310. The Kier molecular flexibility index (Phi) is 3.46. The predicted molar refractivity (Wildman–Crippen MR) is 67.2 cm³/mol. The van der Waals surface area contributed by atoms with Crippen molar-refractivity contribution >= 4 is 11.5 Å². The number of ether oxygens (including phenoxy) is 1. The first kappa shape index (κ1) is 13.0. The Bertz CT molecular complexity index is 621. The van der Waals surface area contributed by atoms with Gasteiger partial charge in [0.2, 0.25) is 5.78 Å². The predicted octanol–water partition coefficient (Wildman–Crippen LogP) is 2.79. The maximum atomic E-state index is 13.6. The molecule has 3 nitrogen and oxygen atoms in total. The van der Waals surface area contributed by atoms with Gasteiger partial charge in [0, 0.05) is 5.56 Å². The highest BCUT2D eigenvalue weighted by molar-refractivity contribution is 6.13. The molecular formula is C14H11F2NO2. The number of nitrogens with two attached hydrogens (primary N) is 1. The van der Waals surface area contributed by atoms with Crippen LogP contribution in [0.2, 0.25) is 0 Å². The third kappa shape index (κ3) is 2.27. The smallest absolute Gasteiger partial charge is 0.201 e. The molecule has 0 aliphatic heterocycles. The molecule has 2 N–H and O–H groups in total. The van der Waals surface area contributed by atoms with E-state index in [1.54, 1.807) is 6.07 Å². The molecule has 0 unspecified atom stereocenters. The van der Waals surface area contributed by atoms with Crippen LogP contribution in [0.25, 0.3) is 0 Å². The molecule has 0 heterocycles. The molecule has 0 bridgehead atoms. The Morgan fingerprint density at radius 2 is 1.68 bits per heavy atom. The molecule has 0 radical (unpaired) electrons. The van der Waals surface area contributed by atoms with Crippen molar-refractivity contribution in [2.75, 3.05) is 12.8 Å². The van der Waals surface area contributed by atoms with Crippen LogP contribution in [0.1, 0.15) is 15.9 Å². The number of rotatable bonds is 3. The Hall–Kier alpha value is -2.43. The molecule has 0 aliphatic carbocycles. The van der Waals surface area contributed by atoms with Crippen LogP contribution in [0.15, 0.2) is 36.4 Å². The number of carbonyl (C=O) groups excluding carboxylic acids is 1. The highest BCUT2D eigenvalue weighted by atomic mass is 19.1. The molecule has 0 fully saturated rings. The van der Waals surface area contributed by atoms with Crippen molar-refractivity contribution in [2.45, 2.75) is 0 Å². The van der Waals surface area contributed by atoms with Crippen molar-refractivity contribution in [1.29, 1.82) is 0 Å². The van der Waals surface area contributed by atoms with Gasteiger partial charge in [-0.3, -0.25) is 4.79 Å². The van der Waals surface area contributed by atoms with E-state index in [-0.39, 0.29) is 17.0 Å². The molecule has 5 heteroatoms. The molecule has 0 spiro atoms. The fourth-order valence-electron chi connectivity index (χ4n) is 1.77. The highest BCUT2D eigenvalue weighted by Crippen LogP contribution is 2.28. The molecule has 98 valence electrons. The van der Waals surface area contributed by atoms with Gasteiger partial charge in [0.15, 0.2) is 0 Å². The number of ketones is 1. The lowest BCUT2D eigenvalue weighted by Gasteiger charge is -2.10. The number of anilines is 1. The van der Waals surface area contributed by atoms with E-state index in [1.807, 2.05) is 0 Å². The van der Waals surface area contributed by atoms with Crippen molar-refractivity contribution in [3.05, 3.63) is 59.2 Å². The van der Waals surface area contributed by atoms with E-state index in [1.165, 1.54) is 25.3 Å². The van der Waals surface area contributed by atoms with Crippen LogP contribution in [0.3, 0.4) is 0 Å². The Balaban J connectivity index is 2.57. The third-order valence-corrected chi connectivity index (χ3v) is 2.72. The second kappa shape index (κ2) is 5.06. The zero-order chi connectivity index (χ0) is 14.0. The van der Waals surface area contributed by atoms with Crippen LogP contribution in [-0.2, 0) is 0 Å². The van der Waals surface area contributed by atoms with Crippen LogP contribution in [0, 0.1) is 11.6 Å². The molecule has 0 aromatic heterocycles. The van der Waals surface area contributed by atoms with Gasteiger partial charge < -0.3 is 10.5 Å². The minimum atomic E-state index is -0.924. The molecule has 2 aromatic carbocycles. The Morgan fingerprint density at radius 3 is 2.26 bits per heavy atom. The number of hydrogen-bond donors (Lipinski definition) is 1. The molecule has 2 aromatic rings. The standard InChI is InChI=1S/C14H11F2NO2/c1-19-11-7-2-4-8(13(11)17)14(18)12-9(15)5-3-6-10(12)16/h2-7H,17H2,1H3. The van der Waals surface area contributed by atoms with Gasteiger partial charge in [-0.1, -0.05) is 12.1 Å². The first-order chi connectivity index (χ1) is 9.06. The second-order valence-electron chi connectivity index (χ2n) is 3.85. The number of methoxy groups -OCH3 is 1. The topological polar surface area (TPSA) is 52.3 Å². The summed E-state index contributed by atoms with van der Waals surface area (Å²) in [6.07, 6.45) is 0. The van der Waals surface area contributed by atoms with Gasteiger partial charge >= 0.3 is 0 Å². The summed E-state index contributed by atoms with van der Waals surface area (Å²) in [5.74, 6) is -2.38. The normalized spacial score (nSPS) is 10.3. The van der Waals surface area contributed by atoms with Crippen LogP contribution >= 0.6 is 0 Å². The second-order valence-corrected chi connectivity index (χ2v) is 3.85. The number of hydrogen-bond acceptors (Lipinski definition) is 3. The quantitative estimate of drug-likeness (QED) is 0.684. The summed E-state index contributed by atoms with van der Waals surface area (Å²) in [6, 6.07) is 7.72. The molecule has 0 atom stereocenters. The van der Waals surface area contributed by atoms with E-state index in [2.05, 4.69) is 0 Å². The van der Waals surface area contributed by atoms with Crippen molar-refractivity contribution in [3.63, 3.8) is 0 Å². The van der Waals surface area contributed by atoms with Gasteiger partial charge in [-0.2, -0.15) is 0 Å². The van der Waals surface area contributed by atoms with E-state index >= 15 is 0 Å². The van der Waals surface area contributed by atoms with E-state index in [0.29, 0.717) is 0 Å². The van der Waals surface area contributed by atoms with Crippen molar-refractivity contribution in [1.82, 2.24) is 0 Å². The molecule has 0 aliphatic rings. The van der Waals surface area contributed by atoms with Crippen molar-refractivity contribution in [3.8, 4) is 5.75 Å². The minimum Gasteiger partial charge on any atom is -0.495 e. The lowest BCUT2D eigenvalue weighted by Crippen LogP contribution is -2.10. The monoisotopic (exact) mass is 263 g/mol. The summed E-state index contributed by atoms with van der Waals surface area (Å²) in [4.78, 5) is 12.2. The zero-order valence-corrected chi connectivity index (χ0v) is 10.1. The first-order valence-electron chi connectivity index (χ1n) is 5.47. The number of para-hydroxylation sites is 1.